The van der Waals surface area contributed by atoms with Crippen molar-refractivity contribution in [1.29, 1.82) is 0 Å². The van der Waals surface area contributed by atoms with Gasteiger partial charge in [-0.2, -0.15) is 17.5 Å². The van der Waals surface area contributed by atoms with Gasteiger partial charge in [-0.3, -0.25) is 0 Å². The Hall–Kier alpha value is -1.03. The van der Waals surface area contributed by atoms with E-state index in [9.17, 15) is 26.4 Å². The molecule has 0 atom stereocenters. The average Bonchev–Trinajstić information content (AvgIpc) is 2.34. The summed E-state index contributed by atoms with van der Waals surface area (Å²) >= 11 is 0. The quantitative estimate of drug-likeness (QED) is 0.814. The molecule has 1 saturated heterocycles. The number of carbonyl (C=O) groups is 1. The first-order valence-corrected chi connectivity index (χ1v) is 8.09. The largest absolute Gasteiger partial charge is 0.511 e. The Kier molecular flexibility index (Phi) is 5.85. The highest BCUT2D eigenvalue weighted by Crippen LogP contribution is 2.30. The summed E-state index contributed by atoms with van der Waals surface area (Å²) in [7, 11) is -5.24. The molecule has 0 aliphatic carbocycles. The maximum absolute atomic E-state index is 12.4. The lowest BCUT2D eigenvalue weighted by Crippen LogP contribution is -2.47. The second-order valence-corrected chi connectivity index (χ2v) is 7.23. The fourth-order valence-electron chi connectivity index (χ4n) is 2.05. The molecule has 0 unspecified atom stereocenters. The topological polar surface area (TPSA) is 78.5 Å². The molecule has 1 heterocycles. The summed E-state index contributed by atoms with van der Waals surface area (Å²) in [6, 6.07) is -0.348. The van der Waals surface area contributed by atoms with Gasteiger partial charge in [-0.15, -0.1) is 0 Å². The number of piperidine rings is 1. The van der Waals surface area contributed by atoms with Crippen molar-refractivity contribution in [3.05, 3.63) is 0 Å². The third-order valence-electron chi connectivity index (χ3n) is 3.18. The van der Waals surface area contributed by atoms with Gasteiger partial charge >= 0.3 is 21.6 Å². The number of nitrogens with zero attached hydrogens (tertiary/aromatic N) is 1. The number of nitrogens with one attached hydrogen (secondary N) is 2. The number of sulfonamides is 1. The average molecular weight is 331 g/mol. The van der Waals surface area contributed by atoms with Crippen molar-refractivity contribution in [1.82, 2.24) is 14.9 Å². The molecule has 1 rings (SSSR count). The minimum absolute atomic E-state index is 0.0104. The Bertz CT molecular complexity index is 457. The number of urea groups is 1. The summed E-state index contributed by atoms with van der Waals surface area (Å²) in [5.41, 5.74) is -5.25. The van der Waals surface area contributed by atoms with E-state index in [1.165, 1.54) is 0 Å². The van der Waals surface area contributed by atoms with E-state index < -0.39 is 15.5 Å². The second-order valence-electron chi connectivity index (χ2n) is 5.30. The molecule has 2 N–H and O–H groups in total. The molecule has 0 spiro atoms. The predicted molar refractivity (Wildman–Crippen MR) is 70.9 cm³/mol. The lowest BCUT2D eigenvalue weighted by atomic mass is 9.98. The van der Waals surface area contributed by atoms with Crippen LogP contribution < -0.4 is 10.6 Å². The van der Waals surface area contributed by atoms with Crippen LogP contribution in [0.3, 0.4) is 0 Å². The fourth-order valence-corrected chi connectivity index (χ4v) is 3.03. The summed E-state index contributed by atoms with van der Waals surface area (Å²) in [5, 5.41) is 5.26. The molecular weight excluding hydrogens is 311 g/mol. The second kappa shape index (κ2) is 6.82. The Morgan fingerprint density at radius 1 is 1.29 bits per heavy atom. The molecule has 1 aliphatic heterocycles. The molecule has 1 fully saturated rings. The van der Waals surface area contributed by atoms with Gasteiger partial charge in [-0.1, -0.05) is 0 Å². The van der Waals surface area contributed by atoms with E-state index in [-0.39, 0.29) is 43.9 Å². The van der Waals surface area contributed by atoms with Crippen LogP contribution >= 0.6 is 0 Å². The van der Waals surface area contributed by atoms with E-state index in [2.05, 4.69) is 10.6 Å². The van der Waals surface area contributed by atoms with Crippen LogP contribution in [0.5, 0.6) is 0 Å². The minimum Gasteiger partial charge on any atom is -0.338 e. The van der Waals surface area contributed by atoms with Gasteiger partial charge in [0.1, 0.15) is 0 Å². The van der Waals surface area contributed by atoms with Crippen LogP contribution in [0.25, 0.3) is 0 Å². The van der Waals surface area contributed by atoms with Crippen LogP contribution in [0.15, 0.2) is 0 Å². The molecule has 124 valence electrons. The zero-order chi connectivity index (χ0) is 16.3. The first kappa shape index (κ1) is 18.0. The van der Waals surface area contributed by atoms with Crippen molar-refractivity contribution < 1.29 is 26.4 Å². The van der Waals surface area contributed by atoms with E-state index >= 15 is 0 Å². The van der Waals surface area contributed by atoms with E-state index in [0.717, 1.165) is 0 Å². The van der Waals surface area contributed by atoms with Crippen LogP contribution in [0, 0.1) is 5.92 Å². The monoisotopic (exact) mass is 331 g/mol. The first-order valence-electron chi connectivity index (χ1n) is 6.65. The van der Waals surface area contributed by atoms with Gasteiger partial charge in [0.2, 0.25) is 0 Å². The number of halogens is 3. The molecule has 0 aromatic rings. The number of hydrogen-bond acceptors (Lipinski definition) is 3. The van der Waals surface area contributed by atoms with Crippen LogP contribution in [-0.2, 0) is 10.0 Å². The first-order chi connectivity index (χ1) is 9.54. The number of carbonyl (C=O) groups excluding carboxylic acids is 1. The summed E-state index contributed by atoms with van der Waals surface area (Å²) in [4.78, 5) is 11.4. The van der Waals surface area contributed by atoms with E-state index in [0.29, 0.717) is 10.8 Å². The molecule has 21 heavy (non-hydrogen) atoms. The van der Waals surface area contributed by atoms with Crippen molar-refractivity contribution in [3.8, 4) is 0 Å². The van der Waals surface area contributed by atoms with Crippen molar-refractivity contribution in [2.75, 3.05) is 19.6 Å². The predicted octanol–water partition coefficient (Wildman–Crippen LogP) is 1.26. The normalized spacial score (nSPS) is 18.8. The molecule has 0 bridgehead atoms. The van der Waals surface area contributed by atoms with E-state index in [1.54, 1.807) is 13.8 Å². The van der Waals surface area contributed by atoms with Gasteiger partial charge in [-0.05, 0) is 32.6 Å². The Labute approximate surface area is 122 Å². The standard InChI is InChI=1S/C11H20F3N3O3S/c1-8(2)16-10(18)15-7-9-3-5-17(6-4-9)21(19,20)11(12,13)14/h8-9H,3-7H2,1-2H3,(H2,15,16,18). The molecule has 0 aromatic heterocycles. The SMILES string of the molecule is CC(C)NC(=O)NCC1CCN(S(=O)(=O)C(F)(F)F)CC1. The van der Waals surface area contributed by atoms with Crippen molar-refractivity contribution in [3.63, 3.8) is 0 Å². The molecule has 10 heteroatoms. The molecule has 0 aromatic carbocycles. The van der Waals surface area contributed by atoms with Gasteiger partial charge in [0, 0.05) is 25.7 Å². The van der Waals surface area contributed by atoms with E-state index in [1.807, 2.05) is 0 Å². The highest BCUT2D eigenvalue weighted by molar-refractivity contribution is 7.90. The highest BCUT2D eigenvalue weighted by atomic mass is 32.2. The fraction of sp³-hybridized carbons (Fsp3) is 0.909. The zero-order valence-corrected chi connectivity index (χ0v) is 12.7. The van der Waals surface area contributed by atoms with Crippen LogP contribution in [0.2, 0.25) is 0 Å². The van der Waals surface area contributed by atoms with Gasteiger partial charge < -0.3 is 10.6 Å². The zero-order valence-electron chi connectivity index (χ0n) is 11.9. The lowest BCUT2D eigenvalue weighted by molar-refractivity contribution is -0.0496. The van der Waals surface area contributed by atoms with Gasteiger partial charge in [-0.25, -0.2) is 13.2 Å². The number of rotatable bonds is 4. The maximum Gasteiger partial charge on any atom is 0.511 e. The molecule has 0 radical (unpaired) electrons. The van der Waals surface area contributed by atoms with Crippen LogP contribution in [-0.4, -0.2) is 49.9 Å². The maximum atomic E-state index is 12.4. The minimum atomic E-state index is -5.25. The number of alkyl halides is 3. The van der Waals surface area contributed by atoms with Gasteiger partial charge in [0.05, 0.1) is 0 Å². The number of hydrogen-bond donors (Lipinski definition) is 2. The Morgan fingerprint density at radius 3 is 2.24 bits per heavy atom. The summed E-state index contributed by atoms with van der Waals surface area (Å²) in [6.45, 7) is 3.57. The summed E-state index contributed by atoms with van der Waals surface area (Å²) in [5.74, 6) is -0.0254. The molecular formula is C11H20F3N3O3S. The van der Waals surface area contributed by atoms with Crippen molar-refractivity contribution in [2.24, 2.45) is 5.92 Å². The molecule has 6 nitrogen and oxygen atoms in total. The van der Waals surface area contributed by atoms with Crippen molar-refractivity contribution in [2.45, 2.75) is 38.2 Å². The third-order valence-corrected chi connectivity index (χ3v) is 4.81. The molecule has 0 saturated carbocycles. The lowest BCUT2D eigenvalue weighted by Gasteiger charge is -2.31. The smallest absolute Gasteiger partial charge is 0.338 e. The number of amides is 2. The highest BCUT2D eigenvalue weighted by Gasteiger charge is 2.50. The Morgan fingerprint density at radius 2 is 1.81 bits per heavy atom. The molecule has 1 aliphatic rings. The Balaban J connectivity index is 2.41. The summed E-state index contributed by atoms with van der Waals surface area (Å²) < 4.78 is 60.1. The van der Waals surface area contributed by atoms with E-state index in [4.69, 9.17) is 0 Å². The van der Waals surface area contributed by atoms with Gasteiger partial charge in [0.15, 0.2) is 0 Å². The van der Waals surface area contributed by atoms with Crippen LogP contribution in [0.1, 0.15) is 26.7 Å². The van der Waals surface area contributed by atoms with Gasteiger partial charge in [0.25, 0.3) is 0 Å². The molecule has 2 amide bonds. The van der Waals surface area contributed by atoms with Crippen molar-refractivity contribution >= 4 is 16.1 Å². The van der Waals surface area contributed by atoms with Crippen LogP contribution in [0.4, 0.5) is 18.0 Å². The summed E-state index contributed by atoms with van der Waals surface area (Å²) in [6.07, 6.45) is 0.578. The third kappa shape index (κ3) is 5.03.